The average molecular weight is 268 g/mol. The summed E-state index contributed by atoms with van der Waals surface area (Å²) in [5, 5.41) is 6.33. The summed E-state index contributed by atoms with van der Waals surface area (Å²) in [6, 6.07) is 3.31. The Labute approximate surface area is 112 Å². The van der Waals surface area contributed by atoms with Gasteiger partial charge < -0.3 is 10.6 Å². The van der Waals surface area contributed by atoms with Gasteiger partial charge in [0.1, 0.15) is 11.0 Å². The van der Waals surface area contributed by atoms with Crippen molar-refractivity contribution in [1.82, 2.24) is 10.3 Å². The molecular weight excluding hydrogens is 250 g/mol. The van der Waals surface area contributed by atoms with Crippen LogP contribution in [0, 0.1) is 5.41 Å². The molecule has 1 aliphatic rings. The monoisotopic (exact) mass is 267 g/mol. The second kappa shape index (κ2) is 5.14. The number of anilines is 1. The van der Waals surface area contributed by atoms with Crippen LogP contribution in [0.4, 0.5) is 5.82 Å². The molecule has 5 heteroatoms. The number of amides is 1. The summed E-state index contributed by atoms with van der Waals surface area (Å²) in [7, 11) is 0. The topological polar surface area (TPSA) is 54.0 Å². The molecule has 2 rings (SSSR count). The van der Waals surface area contributed by atoms with Crippen LogP contribution in [-0.4, -0.2) is 24.0 Å². The van der Waals surface area contributed by atoms with E-state index >= 15 is 0 Å². The molecule has 0 bridgehead atoms. The van der Waals surface area contributed by atoms with Gasteiger partial charge in [0, 0.05) is 18.7 Å². The summed E-state index contributed by atoms with van der Waals surface area (Å²) in [6.07, 6.45) is 2.38. The number of nitrogens with one attached hydrogen (secondary N) is 2. The molecule has 4 nitrogen and oxygen atoms in total. The predicted octanol–water partition coefficient (Wildman–Crippen LogP) is 2.70. The molecule has 98 valence electrons. The van der Waals surface area contributed by atoms with Gasteiger partial charge in [0.25, 0.3) is 5.91 Å². The first-order chi connectivity index (χ1) is 8.52. The Morgan fingerprint density at radius 2 is 2.22 bits per heavy atom. The normalized spacial score (nSPS) is 16.2. The zero-order chi connectivity index (χ0) is 13.2. The van der Waals surface area contributed by atoms with E-state index in [-0.39, 0.29) is 5.91 Å². The number of aromatic nitrogens is 1. The lowest BCUT2D eigenvalue weighted by molar-refractivity contribution is 0.0946. The van der Waals surface area contributed by atoms with Crippen LogP contribution < -0.4 is 10.6 Å². The van der Waals surface area contributed by atoms with Crippen molar-refractivity contribution >= 4 is 23.3 Å². The quantitative estimate of drug-likeness (QED) is 0.807. The van der Waals surface area contributed by atoms with Gasteiger partial charge in [-0.1, -0.05) is 18.5 Å². The summed E-state index contributed by atoms with van der Waals surface area (Å²) < 4.78 is 0. The van der Waals surface area contributed by atoms with Gasteiger partial charge in [0.05, 0.1) is 0 Å². The maximum atomic E-state index is 12.0. The molecular formula is C13H18ClN3O. The first-order valence-electron chi connectivity index (χ1n) is 6.22. The van der Waals surface area contributed by atoms with Crippen LogP contribution in [0.2, 0.25) is 5.15 Å². The SMILES string of the molecule is CCNc1cc(C(=O)NCC2(C)CC2)cc(Cl)n1. The van der Waals surface area contributed by atoms with E-state index in [2.05, 4.69) is 22.5 Å². The molecule has 0 radical (unpaired) electrons. The van der Waals surface area contributed by atoms with Crippen molar-refractivity contribution in [3.63, 3.8) is 0 Å². The van der Waals surface area contributed by atoms with Gasteiger partial charge in [0.15, 0.2) is 0 Å². The van der Waals surface area contributed by atoms with Gasteiger partial charge in [0.2, 0.25) is 0 Å². The molecule has 0 unspecified atom stereocenters. The number of carbonyl (C=O) groups excluding carboxylic acids is 1. The van der Waals surface area contributed by atoms with Crippen LogP contribution >= 0.6 is 11.6 Å². The van der Waals surface area contributed by atoms with Crippen LogP contribution in [0.5, 0.6) is 0 Å². The highest BCUT2D eigenvalue weighted by molar-refractivity contribution is 6.29. The fraction of sp³-hybridized carbons (Fsp3) is 0.538. The molecule has 1 aliphatic carbocycles. The van der Waals surface area contributed by atoms with Gasteiger partial charge in [-0.15, -0.1) is 0 Å². The van der Waals surface area contributed by atoms with Gasteiger partial charge >= 0.3 is 0 Å². The van der Waals surface area contributed by atoms with E-state index < -0.39 is 0 Å². The second-order valence-corrected chi connectivity index (χ2v) is 5.47. The van der Waals surface area contributed by atoms with Crippen molar-refractivity contribution < 1.29 is 4.79 Å². The van der Waals surface area contributed by atoms with E-state index in [0.29, 0.717) is 21.9 Å². The lowest BCUT2D eigenvalue weighted by Gasteiger charge is -2.11. The van der Waals surface area contributed by atoms with Crippen LogP contribution in [0.25, 0.3) is 0 Å². The number of hydrogen-bond donors (Lipinski definition) is 2. The Morgan fingerprint density at radius 3 is 2.83 bits per heavy atom. The second-order valence-electron chi connectivity index (χ2n) is 5.09. The van der Waals surface area contributed by atoms with Gasteiger partial charge in [-0.3, -0.25) is 4.79 Å². The highest BCUT2D eigenvalue weighted by atomic mass is 35.5. The molecule has 1 saturated carbocycles. The van der Waals surface area contributed by atoms with E-state index in [0.717, 1.165) is 13.1 Å². The maximum absolute atomic E-state index is 12.0. The Kier molecular flexibility index (Phi) is 3.76. The smallest absolute Gasteiger partial charge is 0.251 e. The van der Waals surface area contributed by atoms with Crippen LogP contribution in [0.1, 0.15) is 37.0 Å². The molecule has 0 aromatic carbocycles. The van der Waals surface area contributed by atoms with Crippen molar-refractivity contribution in [3.8, 4) is 0 Å². The van der Waals surface area contributed by atoms with E-state index in [1.54, 1.807) is 12.1 Å². The summed E-state index contributed by atoms with van der Waals surface area (Å²) in [5.74, 6) is 0.541. The van der Waals surface area contributed by atoms with Crippen LogP contribution in [0.15, 0.2) is 12.1 Å². The standard InChI is InChI=1S/C13H18ClN3O/c1-3-15-11-7-9(6-10(14)17-11)12(18)16-8-13(2)4-5-13/h6-7H,3-5,8H2,1-2H3,(H,15,17)(H,16,18). The number of pyridine rings is 1. The molecule has 2 N–H and O–H groups in total. The summed E-state index contributed by atoms with van der Waals surface area (Å²) in [5.41, 5.74) is 0.854. The number of nitrogens with zero attached hydrogens (tertiary/aromatic N) is 1. The molecule has 1 amide bonds. The fourth-order valence-electron chi connectivity index (χ4n) is 1.69. The molecule has 1 aromatic rings. The first-order valence-corrected chi connectivity index (χ1v) is 6.60. The third-order valence-corrected chi connectivity index (χ3v) is 3.39. The van der Waals surface area contributed by atoms with Crippen molar-refractivity contribution in [2.45, 2.75) is 26.7 Å². The Hall–Kier alpha value is -1.29. The number of rotatable bonds is 5. The van der Waals surface area contributed by atoms with Gasteiger partial charge in [-0.25, -0.2) is 4.98 Å². The van der Waals surface area contributed by atoms with Gasteiger partial charge in [-0.05, 0) is 37.3 Å². The highest BCUT2D eigenvalue weighted by Crippen LogP contribution is 2.44. The molecule has 0 spiro atoms. The highest BCUT2D eigenvalue weighted by Gasteiger charge is 2.37. The first kappa shape index (κ1) is 13.1. The maximum Gasteiger partial charge on any atom is 0.251 e. The zero-order valence-corrected chi connectivity index (χ0v) is 11.5. The van der Waals surface area contributed by atoms with E-state index in [1.807, 2.05) is 6.92 Å². The predicted molar refractivity (Wildman–Crippen MR) is 73.1 cm³/mol. The third kappa shape index (κ3) is 3.35. The summed E-state index contributed by atoms with van der Waals surface area (Å²) in [6.45, 7) is 5.61. The number of carbonyl (C=O) groups is 1. The summed E-state index contributed by atoms with van der Waals surface area (Å²) >= 11 is 5.90. The largest absolute Gasteiger partial charge is 0.370 e. The summed E-state index contributed by atoms with van der Waals surface area (Å²) in [4.78, 5) is 16.1. The Morgan fingerprint density at radius 1 is 1.50 bits per heavy atom. The number of hydrogen-bond acceptors (Lipinski definition) is 3. The van der Waals surface area contributed by atoms with Crippen molar-refractivity contribution in [1.29, 1.82) is 0 Å². The lowest BCUT2D eigenvalue weighted by Crippen LogP contribution is -2.29. The average Bonchev–Trinajstić information content (AvgIpc) is 3.05. The van der Waals surface area contributed by atoms with Crippen molar-refractivity contribution in [2.24, 2.45) is 5.41 Å². The fourth-order valence-corrected chi connectivity index (χ4v) is 1.89. The van der Waals surface area contributed by atoms with Crippen LogP contribution in [0.3, 0.4) is 0 Å². The molecule has 0 saturated heterocycles. The Balaban J connectivity index is 2.04. The van der Waals surface area contributed by atoms with E-state index in [9.17, 15) is 4.79 Å². The molecule has 18 heavy (non-hydrogen) atoms. The molecule has 1 heterocycles. The number of halogens is 1. The molecule has 0 aliphatic heterocycles. The minimum Gasteiger partial charge on any atom is -0.370 e. The van der Waals surface area contributed by atoms with Crippen molar-refractivity contribution in [2.75, 3.05) is 18.4 Å². The molecule has 1 aromatic heterocycles. The van der Waals surface area contributed by atoms with Crippen LogP contribution in [-0.2, 0) is 0 Å². The third-order valence-electron chi connectivity index (χ3n) is 3.19. The molecule has 1 fully saturated rings. The van der Waals surface area contributed by atoms with E-state index in [4.69, 9.17) is 11.6 Å². The lowest BCUT2D eigenvalue weighted by atomic mass is 10.1. The van der Waals surface area contributed by atoms with E-state index in [1.165, 1.54) is 12.8 Å². The zero-order valence-electron chi connectivity index (χ0n) is 10.7. The Bertz CT molecular complexity index is 458. The van der Waals surface area contributed by atoms with Gasteiger partial charge in [-0.2, -0.15) is 0 Å². The van der Waals surface area contributed by atoms with Crippen molar-refractivity contribution in [3.05, 3.63) is 22.8 Å². The minimum atomic E-state index is -0.0911. The molecule has 0 atom stereocenters. The minimum absolute atomic E-state index is 0.0911.